The highest BCUT2D eigenvalue weighted by atomic mass is 35.5. The predicted molar refractivity (Wildman–Crippen MR) is 98.0 cm³/mol. The Kier molecular flexibility index (Phi) is 5.40. The maximum absolute atomic E-state index is 14.2. The molecule has 0 saturated carbocycles. The molecule has 0 radical (unpaired) electrons. The molecule has 1 aliphatic carbocycles. The van der Waals surface area contributed by atoms with Gasteiger partial charge < -0.3 is 4.55 Å². The summed E-state index contributed by atoms with van der Waals surface area (Å²) in [6, 6.07) is 10.2. The van der Waals surface area contributed by atoms with Crippen molar-refractivity contribution in [3.05, 3.63) is 69.0 Å². The molecule has 1 aliphatic rings. The van der Waals surface area contributed by atoms with Crippen molar-refractivity contribution in [1.82, 2.24) is 0 Å². The molecule has 0 aromatic heterocycles. The lowest BCUT2D eigenvalue weighted by atomic mass is 9.96. The van der Waals surface area contributed by atoms with Gasteiger partial charge in [0, 0.05) is 15.6 Å². The third kappa shape index (κ3) is 3.89. The van der Waals surface area contributed by atoms with Crippen molar-refractivity contribution in [2.24, 2.45) is 0 Å². The molecule has 0 amide bonds. The van der Waals surface area contributed by atoms with E-state index in [9.17, 15) is 8.60 Å². The predicted octanol–water partition coefficient (Wildman–Crippen LogP) is 5.95. The molecule has 1 N–H and O–H groups in total. The van der Waals surface area contributed by atoms with Crippen LogP contribution >= 0.6 is 23.2 Å². The van der Waals surface area contributed by atoms with Gasteiger partial charge in [0.2, 0.25) is 0 Å². The second kappa shape index (κ2) is 7.36. The molecule has 2 aromatic rings. The third-order valence-electron chi connectivity index (χ3n) is 4.11. The lowest BCUT2D eigenvalue weighted by Gasteiger charge is -2.11. The molecular formula is C18H15Cl2FO2S. The Bertz CT molecular complexity index is 829. The van der Waals surface area contributed by atoms with Crippen LogP contribution in [0.2, 0.25) is 10.0 Å². The average Bonchev–Trinajstić information content (AvgIpc) is 2.97. The summed E-state index contributed by atoms with van der Waals surface area (Å²) < 4.78 is 34.0. The average molecular weight is 385 g/mol. The van der Waals surface area contributed by atoms with E-state index < -0.39 is 16.9 Å². The Labute approximate surface area is 152 Å². The summed E-state index contributed by atoms with van der Waals surface area (Å²) in [6.45, 7) is 0. The molecule has 0 spiro atoms. The summed E-state index contributed by atoms with van der Waals surface area (Å²) in [6.07, 6.45) is 2.72. The standard InChI is InChI=1S/C18H15Cl2FO2S/c19-14-6-13(7-15(20)9-14)17-3-1-2-16(17)11-4-5-12(10-24(22)23)18(21)8-11/h4-9H,1-3,10H2,(H,22,23). The summed E-state index contributed by atoms with van der Waals surface area (Å²) in [5, 5.41) is 1.14. The molecular weight excluding hydrogens is 370 g/mol. The highest BCUT2D eigenvalue weighted by Crippen LogP contribution is 2.41. The number of halogens is 3. The smallest absolute Gasteiger partial charge is 0.157 e. The maximum atomic E-state index is 14.2. The van der Waals surface area contributed by atoms with Crippen molar-refractivity contribution < 1.29 is 13.2 Å². The first-order chi connectivity index (χ1) is 11.4. The van der Waals surface area contributed by atoms with Gasteiger partial charge in [0.05, 0.1) is 5.75 Å². The van der Waals surface area contributed by atoms with Gasteiger partial charge in [-0.05, 0) is 65.8 Å². The zero-order chi connectivity index (χ0) is 17.3. The van der Waals surface area contributed by atoms with Gasteiger partial charge >= 0.3 is 0 Å². The molecule has 1 atom stereocenters. The molecule has 0 aliphatic heterocycles. The first-order valence-electron chi connectivity index (χ1n) is 7.49. The van der Waals surface area contributed by atoms with E-state index in [0.717, 1.165) is 41.5 Å². The highest BCUT2D eigenvalue weighted by Gasteiger charge is 2.19. The molecule has 2 nitrogen and oxygen atoms in total. The van der Waals surface area contributed by atoms with Gasteiger partial charge in [-0.15, -0.1) is 0 Å². The van der Waals surface area contributed by atoms with E-state index in [1.165, 1.54) is 6.07 Å². The van der Waals surface area contributed by atoms with Crippen molar-refractivity contribution in [1.29, 1.82) is 0 Å². The second-order valence-corrected chi connectivity index (χ2v) is 7.55. The van der Waals surface area contributed by atoms with Crippen molar-refractivity contribution in [2.75, 3.05) is 0 Å². The molecule has 0 bridgehead atoms. The lowest BCUT2D eigenvalue weighted by Crippen LogP contribution is -1.98. The Hall–Kier alpha value is -1.20. The van der Waals surface area contributed by atoms with Gasteiger partial charge in [-0.25, -0.2) is 8.60 Å². The summed E-state index contributed by atoms with van der Waals surface area (Å²) in [7, 11) is 0. The molecule has 3 rings (SSSR count). The van der Waals surface area contributed by atoms with Gasteiger partial charge in [-0.2, -0.15) is 0 Å². The molecule has 0 fully saturated rings. The van der Waals surface area contributed by atoms with E-state index in [0.29, 0.717) is 10.0 Å². The fourth-order valence-electron chi connectivity index (χ4n) is 3.09. The van der Waals surface area contributed by atoms with Crippen LogP contribution in [0.25, 0.3) is 11.1 Å². The number of rotatable bonds is 4. The van der Waals surface area contributed by atoms with Gasteiger partial charge in [0.15, 0.2) is 11.1 Å². The Morgan fingerprint density at radius 2 is 1.62 bits per heavy atom. The fraction of sp³-hybridized carbons (Fsp3) is 0.222. The van der Waals surface area contributed by atoms with E-state index in [1.807, 2.05) is 12.1 Å². The van der Waals surface area contributed by atoms with Crippen LogP contribution in [0.1, 0.15) is 36.0 Å². The van der Waals surface area contributed by atoms with Gasteiger partial charge in [0.1, 0.15) is 5.82 Å². The minimum Gasteiger partial charge on any atom is -0.306 e. The maximum Gasteiger partial charge on any atom is 0.157 e. The number of hydrogen-bond donors (Lipinski definition) is 1. The zero-order valence-electron chi connectivity index (χ0n) is 12.7. The van der Waals surface area contributed by atoms with Crippen molar-refractivity contribution in [3.63, 3.8) is 0 Å². The SMILES string of the molecule is O=S(O)Cc1ccc(C2=C(c3cc(Cl)cc(Cl)c3)CCC2)cc1F. The minimum absolute atomic E-state index is 0.206. The molecule has 2 aromatic carbocycles. The van der Waals surface area contributed by atoms with Crippen molar-refractivity contribution in [2.45, 2.75) is 25.0 Å². The van der Waals surface area contributed by atoms with Gasteiger partial charge in [0.25, 0.3) is 0 Å². The minimum atomic E-state index is -2.06. The normalized spacial score (nSPS) is 15.8. The van der Waals surface area contributed by atoms with Crippen LogP contribution in [0, 0.1) is 5.82 Å². The lowest BCUT2D eigenvalue weighted by molar-refractivity contribution is 0.559. The van der Waals surface area contributed by atoms with Crippen LogP contribution in [-0.4, -0.2) is 8.76 Å². The van der Waals surface area contributed by atoms with Crippen LogP contribution in [-0.2, 0) is 16.8 Å². The summed E-state index contributed by atoms with van der Waals surface area (Å²) in [4.78, 5) is 0. The Balaban J connectivity index is 2.03. The first-order valence-corrected chi connectivity index (χ1v) is 9.52. The second-order valence-electron chi connectivity index (χ2n) is 5.74. The van der Waals surface area contributed by atoms with Crippen LogP contribution in [0.15, 0.2) is 36.4 Å². The number of allylic oxidation sites excluding steroid dienone is 2. The summed E-state index contributed by atoms with van der Waals surface area (Å²) in [5.41, 5.74) is 4.19. The van der Waals surface area contributed by atoms with Gasteiger partial charge in [-0.3, -0.25) is 0 Å². The molecule has 6 heteroatoms. The van der Waals surface area contributed by atoms with E-state index in [2.05, 4.69) is 0 Å². The highest BCUT2D eigenvalue weighted by molar-refractivity contribution is 7.78. The number of benzene rings is 2. The Morgan fingerprint density at radius 3 is 2.21 bits per heavy atom. The quantitative estimate of drug-likeness (QED) is 0.661. The summed E-state index contributed by atoms with van der Waals surface area (Å²) in [5.74, 6) is -0.667. The van der Waals surface area contributed by atoms with Crippen LogP contribution < -0.4 is 0 Å². The van der Waals surface area contributed by atoms with E-state index >= 15 is 0 Å². The molecule has 126 valence electrons. The van der Waals surface area contributed by atoms with Crippen LogP contribution in [0.3, 0.4) is 0 Å². The summed E-state index contributed by atoms with van der Waals surface area (Å²) >= 11 is 10.1. The zero-order valence-corrected chi connectivity index (χ0v) is 15.0. The number of hydrogen-bond acceptors (Lipinski definition) is 1. The third-order valence-corrected chi connectivity index (χ3v) is 5.10. The van der Waals surface area contributed by atoms with Crippen LogP contribution in [0.5, 0.6) is 0 Å². The largest absolute Gasteiger partial charge is 0.306 e. The first kappa shape index (κ1) is 17.6. The van der Waals surface area contributed by atoms with E-state index in [4.69, 9.17) is 27.8 Å². The molecule has 1 unspecified atom stereocenters. The molecule has 0 saturated heterocycles. The van der Waals surface area contributed by atoms with E-state index in [1.54, 1.807) is 18.2 Å². The van der Waals surface area contributed by atoms with E-state index in [-0.39, 0.29) is 11.3 Å². The topological polar surface area (TPSA) is 37.3 Å². The molecule has 0 heterocycles. The fourth-order valence-corrected chi connectivity index (χ4v) is 4.12. The molecule has 24 heavy (non-hydrogen) atoms. The monoisotopic (exact) mass is 384 g/mol. The van der Waals surface area contributed by atoms with Crippen molar-refractivity contribution in [3.8, 4) is 0 Å². The Morgan fingerprint density at radius 1 is 1.00 bits per heavy atom. The van der Waals surface area contributed by atoms with Gasteiger partial charge in [-0.1, -0.05) is 35.3 Å². The van der Waals surface area contributed by atoms with Crippen LogP contribution in [0.4, 0.5) is 4.39 Å². The van der Waals surface area contributed by atoms with Crippen molar-refractivity contribution >= 4 is 45.4 Å².